The fourth-order valence-corrected chi connectivity index (χ4v) is 4.48. The fraction of sp³-hybridized carbons (Fsp3) is 0.167. The van der Waals surface area contributed by atoms with Gasteiger partial charge in [-0.3, -0.25) is 9.52 Å². The molecule has 2 N–H and O–H groups in total. The summed E-state index contributed by atoms with van der Waals surface area (Å²) in [5.41, 5.74) is 0.389. The number of hydrogen-bond donors (Lipinski definition) is 2. The number of esters is 1. The number of anilines is 2. The molecule has 0 bridgehead atoms. The summed E-state index contributed by atoms with van der Waals surface area (Å²) < 4.78 is 61.0. The van der Waals surface area contributed by atoms with Crippen molar-refractivity contribution in [1.82, 2.24) is 0 Å². The Labute approximate surface area is 195 Å². The van der Waals surface area contributed by atoms with Crippen molar-refractivity contribution in [3.05, 3.63) is 89.0 Å². The molecule has 0 radical (unpaired) electrons. The molecule has 0 fully saturated rings. The number of amides is 1. The molecule has 7 nitrogen and oxygen atoms in total. The molecule has 3 rings (SSSR count). The zero-order chi connectivity index (χ0) is 25.0. The van der Waals surface area contributed by atoms with Crippen LogP contribution in [0.25, 0.3) is 0 Å². The lowest BCUT2D eigenvalue weighted by molar-refractivity contribution is -0.123. The van der Waals surface area contributed by atoms with Gasteiger partial charge in [-0.2, -0.15) is 0 Å². The van der Waals surface area contributed by atoms with E-state index in [1.165, 1.54) is 37.3 Å². The molecule has 1 amide bonds. The van der Waals surface area contributed by atoms with Gasteiger partial charge in [0.15, 0.2) is 6.10 Å². The lowest BCUT2D eigenvalue weighted by Gasteiger charge is -2.17. The van der Waals surface area contributed by atoms with Crippen LogP contribution in [-0.2, 0) is 19.6 Å². The van der Waals surface area contributed by atoms with Crippen LogP contribution in [0.1, 0.15) is 28.4 Å². The Morgan fingerprint density at radius 1 is 0.941 bits per heavy atom. The van der Waals surface area contributed by atoms with Crippen molar-refractivity contribution in [2.45, 2.75) is 31.8 Å². The van der Waals surface area contributed by atoms with Gasteiger partial charge >= 0.3 is 5.97 Å². The first-order chi connectivity index (χ1) is 16.0. The summed E-state index contributed by atoms with van der Waals surface area (Å²) in [5.74, 6) is -3.95. The molecule has 0 aliphatic heterocycles. The number of sulfonamides is 1. The summed E-state index contributed by atoms with van der Waals surface area (Å²) in [6.45, 7) is 4.62. The van der Waals surface area contributed by atoms with E-state index in [1.54, 1.807) is 26.0 Å². The van der Waals surface area contributed by atoms with Gasteiger partial charge in [-0.25, -0.2) is 22.0 Å². The summed E-state index contributed by atoms with van der Waals surface area (Å²) >= 11 is 0. The zero-order valence-corrected chi connectivity index (χ0v) is 19.4. The van der Waals surface area contributed by atoms with Gasteiger partial charge in [-0.1, -0.05) is 30.3 Å². The SMILES string of the molecule is Cc1ccc(C)c(S(=O)(=O)Nc2ccccc2C(=O)OC(C)C(=O)Nc2c(F)cccc2F)c1. The summed E-state index contributed by atoms with van der Waals surface area (Å²) in [6.07, 6.45) is -1.44. The Bertz CT molecular complexity index is 1340. The van der Waals surface area contributed by atoms with Gasteiger partial charge in [0.2, 0.25) is 0 Å². The number of aryl methyl sites for hydroxylation is 2. The largest absolute Gasteiger partial charge is 0.449 e. The number of rotatable bonds is 7. The third-order valence-corrected chi connectivity index (χ3v) is 6.40. The summed E-state index contributed by atoms with van der Waals surface area (Å²) in [6, 6.07) is 13.7. The first kappa shape index (κ1) is 24.8. The first-order valence-corrected chi connectivity index (χ1v) is 11.6. The molecule has 1 atom stereocenters. The van der Waals surface area contributed by atoms with E-state index < -0.39 is 45.3 Å². The topological polar surface area (TPSA) is 102 Å². The highest BCUT2D eigenvalue weighted by atomic mass is 32.2. The van der Waals surface area contributed by atoms with Crippen molar-refractivity contribution >= 4 is 33.3 Å². The average Bonchev–Trinajstić information content (AvgIpc) is 2.77. The number of carbonyl (C=O) groups is 2. The highest BCUT2D eigenvalue weighted by Crippen LogP contribution is 2.24. The number of benzene rings is 3. The van der Waals surface area contributed by atoms with Gasteiger partial charge in [0.25, 0.3) is 15.9 Å². The van der Waals surface area contributed by atoms with Crippen molar-refractivity contribution in [1.29, 1.82) is 0 Å². The Balaban J connectivity index is 1.79. The third kappa shape index (κ3) is 5.57. The Kier molecular flexibility index (Phi) is 7.31. The minimum atomic E-state index is -4.04. The number of para-hydroxylation sites is 2. The summed E-state index contributed by atoms with van der Waals surface area (Å²) in [7, 11) is -4.04. The van der Waals surface area contributed by atoms with E-state index in [9.17, 15) is 26.8 Å². The maximum atomic E-state index is 13.8. The number of carbonyl (C=O) groups excluding carboxylic acids is 2. The van der Waals surface area contributed by atoms with Crippen molar-refractivity contribution in [3.8, 4) is 0 Å². The van der Waals surface area contributed by atoms with Crippen LogP contribution in [0.15, 0.2) is 65.6 Å². The van der Waals surface area contributed by atoms with Gasteiger partial charge in [0.05, 0.1) is 16.1 Å². The van der Waals surface area contributed by atoms with Crippen molar-refractivity contribution in [2.75, 3.05) is 10.0 Å². The molecule has 0 saturated carbocycles. The highest BCUT2D eigenvalue weighted by Gasteiger charge is 2.25. The van der Waals surface area contributed by atoms with Gasteiger partial charge < -0.3 is 10.1 Å². The van der Waals surface area contributed by atoms with E-state index in [0.29, 0.717) is 5.56 Å². The van der Waals surface area contributed by atoms with Crippen molar-refractivity contribution < 1.29 is 31.5 Å². The second-order valence-electron chi connectivity index (χ2n) is 7.55. The van der Waals surface area contributed by atoms with E-state index in [-0.39, 0.29) is 16.1 Å². The normalized spacial score (nSPS) is 12.0. The van der Waals surface area contributed by atoms with Crippen LogP contribution in [0.3, 0.4) is 0 Å². The molecular formula is C24H22F2N2O5S. The molecule has 0 aromatic heterocycles. The maximum Gasteiger partial charge on any atom is 0.341 e. The minimum Gasteiger partial charge on any atom is -0.449 e. The first-order valence-electron chi connectivity index (χ1n) is 10.1. The molecular weight excluding hydrogens is 466 g/mol. The standard InChI is InChI=1S/C24H22F2N2O5S/c1-14-11-12-15(2)21(13-14)34(31,32)28-20-10-5-4-7-17(20)24(30)33-16(3)23(29)27-22-18(25)8-6-9-19(22)26/h4-13,16,28H,1-3H3,(H,27,29). The maximum absolute atomic E-state index is 13.8. The Morgan fingerprint density at radius 2 is 1.59 bits per heavy atom. The number of nitrogens with one attached hydrogen (secondary N) is 2. The lowest BCUT2D eigenvalue weighted by atomic mass is 10.2. The van der Waals surface area contributed by atoms with Gasteiger partial charge in [-0.15, -0.1) is 0 Å². The molecule has 0 heterocycles. The van der Waals surface area contributed by atoms with E-state index in [0.717, 1.165) is 23.8 Å². The van der Waals surface area contributed by atoms with Crippen LogP contribution in [0.5, 0.6) is 0 Å². The van der Waals surface area contributed by atoms with Gasteiger partial charge in [0.1, 0.15) is 17.3 Å². The molecule has 178 valence electrons. The predicted molar refractivity (Wildman–Crippen MR) is 123 cm³/mol. The average molecular weight is 489 g/mol. The lowest BCUT2D eigenvalue weighted by Crippen LogP contribution is -2.31. The molecule has 0 aliphatic rings. The van der Waals surface area contributed by atoms with E-state index in [1.807, 2.05) is 5.32 Å². The second-order valence-corrected chi connectivity index (χ2v) is 9.20. The van der Waals surface area contributed by atoms with Crippen LogP contribution in [0, 0.1) is 25.5 Å². The smallest absolute Gasteiger partial charge is 0.341 e. The molecule has 0 spiro atoms. The van der Waals surface area contributed by atoms with Crippen molar-refractivity contribution in [2.24, 2.45) is 0 Å². The van der Waals surface area contributed by atoms with Crippen LogP contribution >= 0.6 is 0 Å². The molecule has 34 heavy (non-hydrogen) atoms. The fourth-order valence-electron chi connectivity index (χ4n) is 3.07. The monoisotopic (exact) mass is 488 g/mol. The molecule has 0 saturated heterocycles. The third-order valence-electron chi connectivity index (χ3n) is 4.89. The predicted octanol–water partition coefficient (Wildman–Crippen LogP) is 4.57. The van der Waals surface area contributed by atoms with Gasteiger partial charge in [0, 0.05) is 0 Å². The minimum absolute atomic E-state index is 0.0512. The van der Waals surface area contributed by atoms with Crippen LogP contribution < -0.4 is 10.0 Å². The summed E-state index contributed by atoms with van der Waals surface area (Å²) in [5, 5.41) is 2.04. The second kappa shape index (κ2) is 10.0. The number of ether oxygens (including phenoxy) is 1. The molecule has 3 aromatic rings. The quantitative estimate of drug-likeness (QED) is 0.475. The molecule has 10 heteroatoms. The number of hydrogen-bond acceptors (Lipinski definition) is 5. The highest BCUT2D eigenvalue weighted by molar-refractivity contribution is 7.92. The van der Waals surface area contributed by atoms with E-state index >= 15 is 0 Å². The van der Waals surface area contributed by atoms with Crippen molar-refractivity contribution in [3.63, 3.8) is 0 Å². The van der Waals surface area contributed by atoms with Crippen LogP contribution in [-0.4, -0.2) is 26.4 Å². The molecule has 3 aromatic carbocycles. The molecule has 0 aliphatic carbocycles. The Morgan fingerprint density at radius 3 is 2.26 bits per heavy atom. The van der Waals surface area contributed by atoms with Crippen LogP contribution in [0.4, 0.5) is 20.2 Å². The van der Waals surface area contributed by atoms with Gasteiger partial charge in [-0.05, 0) is 62.2 Å². The van der Waals surface area contributed by atoms with E-state index in [2.05, 4.69) is 4.72 Å². The number of halogens is 2. The van der Waals surface area contributed by atoms with Crippen LogP contribution in [0.2, 0.25) is 0 Å². The zero-order valence-electron chi connectivity index (χ0n) is 18.6. The summed E-state index contributed by atoms with van der Waals surface area (Å²) in [4.78, 5) is 25.1. The Hall–Kier alpha value is -3.79. The molecule has 1 unspecified atom stereocenters. The van der Waals surface area contributed by atoms with E-state index in [4.69, 9.17) is 4.74 Å².